The maximum Gasteiger partial charge on any atom is 0.410 e. The number of amides is 1. The van der Waals surface area contributed by atoms with Crippen LogP contribution >= 0.6 is 0 Å². The molecule has 0 saturated heterocycles. The predicted octanol–water partition coefficient (Wildman–Crippen LogP) is 2.86. The number of carbonyl (C=O) groups is 1. The number of carbonyl (C=O) groups excluding carboxylic acids is 1. The van der Waals surface area contributed by atoms with Gasteiger partial charge >= 0.3 is 6.09 Å². The van der Waals surface area contributed by atoms with E-state index in [9.17, 15) is 9.90 Å². The summed E-state index contributed by atoms with van der Waals surface area (Å²) in [7, 11) is 0. The first kappa shape index (κ1) is 19.3. The lowest BCUT2D eigenvalue weighted by molar-refractivity contribution is 0.0136. The van der Waals surface area contributed by atoms with Crippen LogP contribution in [-0.2, 0) is 30.9 Å². The van der Waals surface area contributed by atoms with Gasteiger partial charge in [0.25, 0.3) is 0 Å². The molecule has 138 valence electrons. The highest BCUT2D eigenvalue weighted by molar-refractivity contribution is 5.69. The van der Waals surface area contributed by atoms with E-state index < -0.39 is 5.60 Å². The summed E-state index contributed by atoms with van der Waals surface area (Å²) < 4.78 is 7.39. The number of fused-ring (bicyclic) bond motifs is 1. The van der Waals surface area contributed by atoms with E-state index in [-0.39, 0.29) is 18.7 Å². The van der Waals surface area contributed by atoms with E-state index in [1.54, 1.807) is 4.90 Å². The van der Waals surface area contributed by atoms with Crippen LogP contribution in [-0.4, -0.2) is 37.5 Å². The average molecular weight is 347 g/mol. The van der Waals surface area contributed by atoms with Crippen molar-refractivity contribution in [3.05, 3.63) is 17.0 Å². The van der Waals surface area contributed by atoms with E-state index in [1.807, 2.05) is 39.3 Å². The van der Waals surface area contributed by atoms with Crippen molar-refractivity contribution in [1.29, 1.82) is 0 Å². The molecule has 1 aliphatic heterocycles. The lowest BCUT2D eigenvalue weighted by Crippen LogP contribution is -2.45. The zero-order valence-corrected chi connectivity index (χ0v) is 15.9. The third-order valence-corrected chi connectivity index (χ3v) is 4.23. The van der Waals surface area contributed by atoms with Gasteiger partial charge in [-0.1, -0.05) is 0 Å². The van der Waals surface area contributed by atoms with Gasteiger partial charge in [0.05, 0.1) is 24.5 Å². The number of ether oxygens (including phenoxy) is 1. The standard InChI is InChI=1S/C19H29N3O3/c1-6-7-8-9-10-22-17(13-23)15-12-21(14(2)11-16(15)20-22)18(24)25-19(3,4)5/h14,23H,8-13H2,1-5H3/t14-/m1/s1. The van der Waals surface area contributed by atoms with Crippen molar-refractivity contribution < 1.29 is 14.6 Å². The zero-order chi connectivity index (χ0) is 18.6. The fourth-order valence-electron chi connectivity index (χ4n) is 3.02. The van der Waals surface area contributed by atoms with Crippen LogP contribution in [0.1, 0.15) is 64.4 Å². The van der Waals surface area contributed by atoms with Gasteiger partial charge in [0.15, 0.2) is 0 Å². The van der Waals surface area contributed by atoms with Crippen molar-refractivity contribution in [2.45, 2.75) is 85.2 Å². The fourth-order valence-corrected chi connectivity index (χ4v) is 3.02. The second-order valence-electron chi connectivity index (χ2n) is 7.44. The number of aliphatic hydroxyl groups excluding tert-OH is 1. The zero-order valence-electron chi connectivity index (χ0n) is 15.9. The van der Waals surface area contributed by atoms with Gasteiger partial charge in [0, 0.05) is 31.0 Å². The Balaban J connectivity index is 2.18. The van der Waals surface area contributed by atoms with E-state index >= 15 is 0 Å². The van der Waals surface area contributed by atoms with Crippen molar-refractivity contribution in [3.8, 4) is 11.8 Å². The number of unbranched alkanes of at least 4 members (excludes halogenated alkanes) is 1. The maximum absolute atomic E-state index is 12.5. The molecule has 0 spiro atoms. The molecular formula is C19H29N3O3. The first-order valence-electron chi connectivity index (χ1n) is 8.84. The van der Waals surface area contributed by atoms with Crippen LogP contribution in [0.25, 0.3) is 0 Å². The Labute approximate surface area is 150 Å². The molecule has 0 radical (unpaired) electrons. The number of nitrogens with zero attached hydrogens (tertiary/aromatic N) is 3. The maximum atomic E-state index is 12.5. The molecule has 0 aromatic carbocycles. The minimum absolute atomic E-state index is 0.0169. The number of hydrogen-bond acceptors (Lipinski definition) is 4. The van der Waals surface area contributed by atoms with Crippen LogP contribution in [0, 0.1) is 11.8 Å². The summed E-state index contributed by atoms with van der Waals surface area (Å²) in [6.07, 6.45) is 2.05. The first-order chi connectivity index (χ1) is 11.8. The fraction of sp³-hybridized carbons (Fsp3) is 0.684. The largest absolute Gasteiger partial charge is 0.444 e. The summed E-state index contributed by atoms with van der Waals surface area (Å²) in [4.78, 5) is 14.2. The van der Waals surface area contributed by atoms with Crippen molar-refractivity contribution in [3.63, 3.8) is 0 Å². The quantitative estimate of drug-likeness (QED) is 0.672. The summed E-state index contributed by atoms with van der Waals surface area (Å²) >= 11 is 0. The third-order valence-electron chi connectivity index (χ3n) is 4.23. The van der Waals surface area contributed by atoms with Crippen LogP contribution in [0.2, 0.25) is 0 Å². The first-order valence-corrected chi connectivity index (χ1v) is 8.84. The van der Waals surface area contributed by atoms with Gasteiger partial charge in [-0.25, -0.2) is 4.79 Å². The van der Waals surface area contributed by atoms with Gasteiger partial charge < -0.3 is 14.7 Å². The minimum atomic E-state index is -0.526. The summed E-state index contributed by atoms with van der Waals surface area (Å²) in [5, 5.41) is 14.5. The molecule has 0 unspecified atom stereocenters. The molecule has 1 aliphatic rings. The molecule has 0 bridgehead atoms. The van der Waals surface area contributed by atoms with E-state index in [0.717, 1.165) is 36.3 Å². The molecule has 6 nitrogen and oxygen atoms in total. The SMILES string of the molecule is CC#CCCCn1nc2c(c1CO)CN(C(=O)OC(C)(C)C)[C@H](C)C2. The van der Waals surface area contributed by atoms with Gasteiger partial charge in [0.1, 0.15) is 5.60 Å². The monoisotopic (exact) mass is 347 g/mol. The Hall–Kier alpha value is -2.00. The molecule has 2 heterocycles. The van der Waals surface area contributed by atoms with E-state index in [0.29, 0.717) is 13.0 Å². The minimum Gasteiger partial charge on any atom is -0.444 e. The van der Waals surface area contributed by atoms with Gasteiger partial charge in [-0.15, -0.1) is 11.8 Å². The van der Waals surface area contributed by atoms with Gasteiger partial charge in [-0.3, -0.25) is 4.68 Å². The molecular weight excluding hydrogens is 318 g/mol. The Morgan fingerprint density at radius 1 is 1.44 bits per heavy atom. The molecule has 1 atom stereocenters. The topological polar surface area (TPSA) is 67.6 Å². The lowest BCUT2D eigenvalue weighted by atomic mass is 10.00. The summed E-state index contributed by atoms with van der Waals surface area (Å²) in [6, 6.07) is 0.0169. The highest BCUT2D eigenvalue weighted by atomic mass is 16.6. The van der Waals surface area contributed by atoms with E-state index in [2.05, 4.69) is 16.9 Å². The number of rotatable bonds is 4. The van der Waals surface area contributed by atoms with Crippen LogP contribution in [0.4, 0.5) is 4.79 Å². The molecule has 2 rings (SSSR count). The van der Waals surface area contributed by atoms with Crippen molar-refractivity contribution in [2.24, 2.45) is 0 Å². The lowest BCUT2D eigenvalue weighted by Gasteiger charge is -2.34. The Morgan fingerprint density at radius 2 is 2.16 bits per heavy atom. The van der Waals surface area contributed by atoms with Crippen molar-refractivity contribution >= 4 is 6.09 Å². The van der Waals surface area contributed by atoms with Crippen LogP contribution in [0.5, 0.6) is 0 Å². The van der Waals surface area contributed by atoms with Gasteiger partial charge in [0.2, 0.25) is 0 Å². The molecule has 0 aliphatic carbocycles. The Bertz CT molecular complexity index is 677. The molecule has 1 aromatic rings. The molecule has 0 saturated carbocycles. The summed E-state index contributed by atoms with van der Waals surface area (Å²) in [5.74, 6) is 5.93. The second kappa shape index (κ2) is 7.92. The average Bonchev–Trinajstić information content (AvgIpc) is 2.85. The van der Waals surface area contributed by atoms with Crippen LogP contribution in [0.3, 0.4) is 0 Å². The van der Waals surface area contributed by atoms with Gasteiger partial charge in [-0.05, 0) is 41.0 Å². The highest BCUT2D eigenvalue weighted by Gasteiger charge is 2.33. The molecule has 25 heavy (non-hydrogen) atoms. The summed E-state index contributed by atoms with van der Waals surface area (Å²) in [5.41, 5.74) is 2.19. The highest BCUT2D eigenvalue weighted by Crippen LogP contribution is 2.27. The number of aliphatic hydroxyl groups is 1. The molecule has 6 heteroatoms. The Kier molecular flexibility index (Phi) is 6.12. The number of hydrogen-bond donors (Lipinski definition) is 1. The smallest absolute Gasteiger partial charge is 0.410 e. The predicted molar refractivity (Wildman–Crippen MR) is 95.8 cm³/mol. The Morgan fingerprint density at radius 3 is 2.76 bits per heavy atom. The van der Waals surface area contributed by atoms with E-state index in [4.69, 9.17) is 4.74 Å². The van der Waals surface area contributed by atoms with E-state index in [1.165, 1.54) is 0 Å². The molecule has 1 amide bonds. The van der Waals surface area contributed by atoms with Gasteiger partial charge in [-0.2, -0.15) is 5.10 Å². The normalized spacial score (nSPS) is 16.9. The number of aryl methyl sites for hydroxylation is 1. The molecule has 1 aromatic heterocycles. The van der Waals surface area contributed by atoms with Crippen LogP contribution < -0.4 is 0 Å². The molecule has 1 N–H and O–H groups in total. The summed E-state index contributed by atoms with van der Waals surface area (Å²) in [6.45, 7) is 10.5. The van der Waals surface area contributed by atoms with Crippen LogP contribution in [0.15, 0.2) is 0 Å². The van der Waals surface area contributed by atoms with Crippen molar-refractivity contribution in [2.75, 3.05) is 0 Å². The second-order valence-corrected chi connectivity index (χ2v) is 7.44. The third kappa shape index (κ3) is 4.76. The number of aromatic nitrogens is 2. The molecule has 0 fully saturated rings. The van der Waals surface area contributed by atoms with Crippen molar-refractivity contribution in [1.82, 2.24) is 14.7 Å².